The maximum Gasteiger partial charge on any atom is 0.240 e. The summed E-state index contributed by atoms with van der Waals surface area (Å²) in [6, 6.07) is 52.7. The minimum Gasteiger partial charge on any atom is -0.366 e. The van der Waals surface area contributed by atoms with Gasteiger partial charge in [0, 0.05) is 97.2 Å². The van der Waals surface area contributed by atoms with Crippen LogP contribution in [0, 0.1) is 15.2 Å². The topological polar surface area (TPSA) is 194 Å². The van der Waals surface area contributed by atoms with Crippen LogP contribution in [-0.2, 0) is 0 Å². The summed E-state index contributed by atoms with van der Waals surface area (Å²) in [6.45, 7) is 0. The van der Waals surface area contributed by atoms with Gasteiger partial charge in [0.1, 0.15) is 34.4 Å². The van der Waals surface area contributed by atoms with Crippen molar-refractivity contribution in [2.24, 2.45) is 0 Å². The summed E-state index contributed by atoms with van der Waals surface area (Å²) >= 11 is 18.6. The first-order chi connectivity index (χ1) is 44.8. The Bertz CT molecular complexity index is 4790. The second kappa shape index (κ2) is 27.8. The van der Waals surface area contributed by atoms with Gasteiger partial charge in [0.05, 0.1) is 32.6 Å². The maximum atomic E-state index is 13.3. The van der Waals surface area contributed by atoms with Crippen molar-refractivity contribution in [3.05, 3.63) is 251 Å². The van der Waals surface area contributed by atoms with Gasteiger partial charge in [-0.25, -0.2) is 18.7 Å². The number of nitrogens with two attached hydrogens (primary N) is 2. The summed E-state index contributed by atoms with van der Waals surface area (Å²) in [4.78, 5) is 30.5. The Morgan fingerprint density at radius 3 is 1.10 bits per heavy atom. The molecule has 4 N–H and O–H groups in total. The quantitative estimate of drug-likeness (QED) is 0.143. The molecule has 0 saturated heterocycles. The van der Waals surface area contributed by atoms with E-state index in [1.165, 1.54) is 93.8 Å². The second-order valence-corrected chi connectivity index (χ2v) is 26.6. The highest BCUT2D eigenvalue weighted by Gasteiger charge is 2.28. The molecule has 3 aliphatic rings. The van der Waals surface area contributed by atoms with Crippen LogP contribution >= 0.6 is 82.0 Å². The van der Waals surface area contributed by atoms with Crippen LogP contribution in [0.1, 0.15) is 73.0 Å². The van der Waals surface area contributed by atoms with Crippen molar-refractivity contribution >= 4 is 148 Å². The first kappa shape index (κ1) is 62.3. The predicted molar refractivity (Wildman–Crippen MR) is 383 cm³/mol. The molecule has 0 radical (unpaired) electrons. The van der Waals surface area contributed by atoms with E-state index < -0.39 is 0 Å². The van der Waals surface area contributed by atoms with E-state index in [4.69, 9.17) is 23.1 Å². The van der Waals surface area contributed by atoms with Crippen LogP contribution in [0.25, 0.3) is 99.5 Å². The van der Waals surface area contributed by atoms with Crippen molar-refractivity contribution in [2.75, 3.05) is 11.5 Å². The molecule has 14 aromatic rings. The number of nitrogen functional groups attached to an aromatic ring is 2. The fourth-order valence-corrected chi connectivity index (χ4v) is 12.8. The Balaban J connectivity index is 0.000000110. The monoisotopic (exact) mass is 1540 g/mol. The molecule has 0 atom stereocenters. The zero-order chi connectivity index (χ0) is 63.4. The van der Waals surface area contributed by atoms with Gasteiger partial charge in [-0.2, -0.15) is 0 Å². The lowest BCUT2D eigenvalue weighted by Crippen LogP contribution is -2.02. The molecule has 7 heterocycles. The Kier molecular flexibility index (Phi) is 18.8. The van der Waals surface area contributed by atoms with Crippen molar-refractivity contribution in [3.63, 3.8) is 0 Å². The minimum absolute atomic E-state index is 0.0826. The summed E-state index contributed by atoms with van der Waals surface area (Å²) in [5, 5.41) is 22.9. The number of rotatable bonds is 7. The number of benzene rings is 7. The van der Waals surface area contributed by atoms with Gasteiger partial charge < -0.3 is 11.5 Å². The summed E-state index contributed by atoms with van der Waals surface area (Å²) in [5.41, 5.74) is 26.3. The lowest BCUT2D eigenvalue weighted by atomic mass is 9.99. The van der Waals surface area contributed by atoms with E-state index in [0.717, 1.165) is 90.4 Å². The van der Waals surface area contributed by atoms with Crippen LogP contribution in [0.5, 0.6) is 0 Å². The normalized spacial score (nSPS) is 13.3. The third kappa shape index (κ3) is 14.7. The van der Waals surface area contributed by atoms with E-state index in [1.54, 1.807) is 36.5 Å². The van der Waals surface area contributed by atoms with E-state index in [9.17, 15) is 8.78 Å². The first-order valence-corrected chi connectivity index (χ1v) is 33.3. The average molecular weight is 1540 g/mol. The van der Waals surface area contributed by atoms with Crippen LogP contribution in [0.15, 0.2) is 214 Å². The molecule has 0 spiro atoms. The third-order valence-corrected chi connectivity index (χ3v) is 18.6. The zero-order valence-electron chi connectivity index (χ0n) is 48.7. The van der Waals surface area contributed by atoms with Gasteiger partial charge >= 0.3 is 0 Å². The molecule has 7 aromatic carbocycles. The number of pyridine rings is 5. The van der Waals surface area contributed by atoms with Crippen molar-refractivity contribution in [3.8, 4) is 45.0 Å². The average Bonchev–Trinajstić information content (AvgIpc) is 1.62. The highest BCUT2D eigenvalue weighted by atomic mass is 127. The van der Waals surface area contributed by atoms with E-state index in [1.807, 2.05) is 91.5 Å². The number of nitrogens with zero attached hydrogens (tertiary/aromatic N) is 11. The standard InChI is InChI=1S/2C21H16FN5.C12H10BrN.C9H5BrClN.C9H5BrIN/c2*22-15-6-3-13(4-7-15)19-20(26-27-21(23)25-19)14-5-8-18-17(11-14)16(9-10-24-18)12-1-2-12;13-9-3-4-12-11(7-9)10(5-6-14-12)8-1-2-8;2*10-6-1-2-9-7(5-6)8(11)3-4-12-9/h2*3-12H,1-2H2,(H2,23,25,27);3-8H,1-2H2;2*1-5H. The van der Waals surface area contributed by atoms with Gasteiger partial charge in [0.25, 0.3) is 0 Å². The lowest BCUT2D eigenvalue weighted by molar-refractivity contribution is 0.627. The van der Waals surface area contributed by atoms with Gasteiger partial charge in [-0.15, -0.1) is 20.4 Å². The van der Waals surface area contributed by atoms with Crippen LogP contribution < -0.4 is 11.5 Å². The molecule has 454 valence electrons. The number of fused-ring (bicyclic) bond motifs is 5. The van der Waals surface area contributed by atoms with Crippen molar-refractivity contribution in [2.45, 2.75) is 56.3 Å². The number of hydrogen-bond acceptors (Lipinski definition) is 13. The fourth-order valence-electron chi connectivity index (χ4n) is 10.9. The first-order valence-electron chi connectivity index (χ1n) is 29.5. The summed E-state index contributed by atoms with van der Waals surface area (Å²) in [6.07, 6.45) is 16.7. The number of anilines is 2. The highest BCUT2D eigenvalue weighted by molar-refractivity contribution is 14.1. The Hall–Kier alpha value is -8.47. The highest BCUT2D eigenvalue weighted by Crippen LogP contribution is 2.46. The fraction of sp³-hybridized carbons (Fsp3) is 0.125. The minimum atomic E-state index is -0.304. The molecule has 0 bridgehead atoms. The van der Waals surface area contributed by atoms with E-state index >= 15 is 0 Å². The van der Waals surface area contributed by atoms with Gasteiger partial charge in [-0.3, -0.25) is 24.9 Å². The maximum absolute atomic E-state index is 13.3. The number of halogens is 7. The van der Waals surface area contributed by atoms with E-state index in [-0.39, 0.29) is 23.5 Å². The Labute approximate surface area is 571 Å². The van der Waals surface area contributed by atoms with E-state index in [0.29, 0.717) is 34.6 Å². The molecular formula is C72H52Br3ClF2IN13. The smallest absolute Gasteiger partial charge is 0.240 e. The molecule has 92 heavy (non-hydrogen) atoms. The van der Waals surface area contributed by atoms with Gasteiger partial charge in [0.15, 0.2) is 0 Å². The van der Waals surface area contributed by atoms with Crippen LogP contribution in [0.3, 0.4) is 0 Å². The second-order valence-electron chi connectivity index (χ2n) is 22.3. The van der Waals surface area contributed by atoms with Crippen molar-refractivity contribution < 1.29 is 8.78 Å². The largest absolute Gasteiger partial charge is 0.366 e. The van der Waals surface area contributed by atoms with Crippen molar-refractivity contribution in [1.82, 2.24) is 55.3 Å². The SMILES string of the molecule is Brc1ccc2nccc(C3CC3)c2c1.Brc1ccc2nccc(I)c2c1.Clc1ccnc2ccc(Br)cc12.Nc1nnc(-c2ccc3nccc(C4CC4)c3c2)c(-c2ccc(F)cc2)n1.Nc1nnc(-c2ccc3nccc(C4CC4)c3c2)c(-c2ccc(F)cc2)n1. The lowest BCUT2D eigenvalue weighted by Gasteiger charge is -2.10. The van der Waals surface area contributed by atoms with Crippen molar-refractivity contribution in [1.29, 1.82) is 0 Å². The van der Waals surface area contributed by atoms with Crippen LogP contribution in [-0.4, -0.2) is 55.3 Å². The molecule has 13 nitrogen and oxygen atoms in total. The zero-order valence-corrected chi connectivity index (χ0v) is 56.4. The number of hydrogen-bond donors (Lipinski definition) is 2. The summed E-state index contributed by atoms with van der Waals surface area (Å²) in [5.74, 6) is 1.56. The summed E-state index contributed by atoms with van der Waals surface area (Å²) in [7, 11) is 0. The van der Waals surface area contributed by atoms with Crippen LogP contribution in [0.4, 0.5) is 20.7 Å². The molecule has 7 aromatic heterocycles. The molecule has 3 fully saturated rings. The Morgan fingerprint density at radius 1 is 0.359 bits per heavy atom. The van der Waals surface area contributed by atoms with E-state index in [2.05, 4.69) is 174 Å². The third-order valence-electron chi connectivity index (χ3n) is 15.8. The summed E-state index contributed by atoms with van der Waals surface area (Å²) < 4.78 is 31.1. The van der Waals surface area contributed by atoms with Crippen LogP contribution in [0.2, 0.25) is 5.02 Å². The van der Waals surface area contributed by atoms with Gasteiger partial charge in [-0.1, -0.05) is 71.5 Å². The van der Waals surface area contributed by atoms with Gasteiger partial charge in [0.2, 0.25) is 11.9 Å². The molecule has 3 aliphatic carbocycles. The van der Waals surface area contributed by atoms with Gasteiger partial charge in [-0.05, 0) is 253 Å². The molecule has 0 unspecified atom stereocenters. The molecule has 3 saturated carbocycles. The Morgan fingerprint density at radius 2 is 0.685 bits per heavy atom. The predicted octanol–water partition coefficient (Wildman–Crippen LogP) is 19.8. The molecule has 17 rings (SSSR count). The molecule has 0 aliphatic heterocycles. The molecular weight excluding hydrogens is 1490 g/mol. The molecule has 20 heteroatoms. The molecule has 0 amide bonds. The number of aromatic nitrogens is 11.